The largest absolute Gasteiger partial charge is 0.461 e. The second-order valence-corrected chi connectivity index (χ2v) is 3.13. The third-order valence-corrected chi connectivity index (χ3v) is 1.81. The Labute approximate surface area is 99.0 Å². The Kier molecular flexibility index (Phi) is 4.56. The van der Waals surface area contributed by atoms with E-state index in [-0.39, 0.29) is 24.6 Å². The van der Waals surface area contributed by atoms with Crippen LogP contribution < -0.4 is 0 Å². The van der Waals surface area contributed by atoms with Gasteiger partial charge in [-0.15, -0.1) is 0 Å². The Morgan fingerprint density at radius 3 is 1.82 bits per heavy atom. The van der Waals surface area contributed by atoms with E-state index in [2.05, 4.69) is 9.97 Å². The van der Waals surface area contributed by atoms with Crippen LogP contribution >= 0.6 is 0 Å². The number of ether oxygens (including phenoxy) is 2. The van der Waals surface area contributed by atoms with E-state index in [0.717, 1.165) is 0 Å². The van der Waals surface area contributed by atoms with Crippen molar-refractivity contribution in [3.05, 3.63) is 23.3 Å². The Balaban J connectivity index is 3.01. The number of aromatic nitrogens is 2. The Morgan fingerprint density at radius 2 is 1.47 bits per heavy atom. The molecule has 0 amide bonds. The lowest BCUT2D eigenvalue weighted by Crippen LogP contribution is -2.14. The lowest BCUT2D eigenvalue weighted by Gasteiger charge is -2.05. The Bertz CT molecular complexity index is 395. The van der Waals surface area contributed by atoms with Crippen LogP contribution in [0.4, 0.5) is 0 Å². The average molecular weight is 238 g/mol. The van der Waals surface area contributed by atoms with Gasteiger partial charge in [-0.2, -0.15) is 0 Å². The van der Waals surface area contributed by atoms with E-state index in [0.29, 0.717) is 5.82 Å². The monoisotopic (exact) mass is 238 g/mol. The molecule has 6 heteroatoms. The fraction of sp³-hybridized carbons (Fsp3) is 0.455. The van der Waals surface area contributed by atoms with Gasteiger partial charge in [0.15, 0.2) is 11.4 Å². The second-order valence-electron chi connectivity index (χ2n) is 3.13. The van der Waals surface area contributed by atoms with E-state index in [1.54, 1.807) is 20.8 Å². The summed E-state index contributed by atoms with van der Waals surface area (Å²) in [5.74, 6) is -0.842. The van der Waals surface area contributed by atoms with Crippen LogP contribution in [0.3, 0.4) is 0 Å². The van der Waals surface area contributed by atoms with Crippen molar-refractivity contribution in [1.82, 2.24) is 9.97 Å². The molecule has 1 heterocycles. The van der Waals surface area contributed by atoms with Crippen LogP contribution in [0.2, 0.25) is 0 Å². The molecule has 0 spiro atoms. The Morgan fingerprint density at radius 1 is 1.06 bits per heavy atom. The molecule has 0 saturated carbocycles. The van der Waals surface area contributed by atoms with Crippen LogP contribution in [0.1, 0.15) is 40.6 Å². The lowest BCUT2D eigenvalue weighted by atomic mass is 10.3. The standard InChI is InChI=1S/C11H14N2O4/c1-4-16-10(14)8-6-9(11(15)17-5-2)13-7(3)12-8/h6H,4-5H2,1-3H3. The summed E-state index contributed by atoms with van der Waals surface area (Å²) in [6.07, 6.45) is 0. The average Bonchev–Trinajstić information content (AvgIpc) is 2.29. The third-order valence-electron chi connectivity index (χ3n) is 1.81. The van der Waals surface area contributed by atoms with Crippen molar-refractivity contribution in [1.29, 1.82) is 0 Å². The SMILES string of the molecule is CCOC(=O)c1cc(C(=O)OCC)nc(C)n1. The van der Waals surface area contributed by atoms with Crippen LogP contribution in [0.5, 0.6) is 0 Å². The number of hydrogen-bond acceptors (Lipinski definition) is 6. The van der Waals surface area contributed by atoms with Gasteiger partial charge >= 0.3 is 11.9 Å². The molecule has 0 unspecified atom stereocenters. The summed E-state index contributed by atoms with van der Waals surface area (Å²) in [4.78, 5) is 30.7. The van der Waals surface area contributed by atoms with Crippen LogP contribution in [-0.4, -0.2) is 35.1 Å². The molecule has 6 nitrogen and oxygen atoms in total. The molecule has 0 atom stereocenters. The second kappa shape index (κ2) is 5.93. The zero-order valence-electron chi connectivity index (χ0n) is 10.0. The van der Waals surface area contributed by atoms with Crippen LogP contribution in [0, 0.1) is 6.92 Å². The lowest BCUT2D eigenvalue weighted by molar-refractivity contribution is 0.0515. The molecule has 1 aromatic heterocycles. The highest BCUT2D eigenvalue weighted by molar-refractivity contribution is 5.92. The quantitative estimate of drug-likeness (QED) is 0.732. The van der Waals surface area contributed by atoms with Crippen molar-refractivity contribution >= 4 is 11.9 Å². The predicted octanol–water partition coefficient (Wildman–Crippen LogP) is 1.14. The molecule has 0 aliphatic carbocycles. The Hall–Kier alpha value is -1.98. The highest BCUT2D eigenvalue weighted by Crippen LogP contribution is 2.05. The summed E-state index contributed by atoms with van der Waals surface area (Å²) < 4.78 is 9.59. The fourth-order valence-corrected chi connectivity index (χ4v) is 1.19. The summed E-state index contributed by atoms with van der Waals surface area (Å²) in [5, 5.41) is 0. The minimum Gasteiger partial charge on any atom is -0.461 e. The number of rotatable bonds is 4. The topological polar surface area (TPSA) is 78.4 Å². The number of esters is 2. The maximum atomic E-state index is 11.5. The molecule has 0 bridgehead atoms. The maximum Gasteiger partial charge on any atom is 0.357 e. The summed E-state index contributed by atoms with van der Waals surface area (Å²) in [6.45, 7) is 5.47. The molecule has 0 aliphatic rings. The van der Waals surface area contributed by atoms with Crippen LogP contribution in [0.25, 0.3) is 0 Å². The molecular weight excluding hydrogens is 224 g/mol. The number of carbonyl (C=O) groups is 2. The van der Waals surface area contributed by atoms with Crippen molar-refractivity contribution in [2.45, 2.75) is 20.8 Å². The van der Waals surface area contributed by atoms with Crippen LogP contribution in [0.15, 0.2) is 6.07 Å². The van der Waals surface area contributed by atoms with Crippen LogP contribution in [-0.2, 0) is 9.47 Å². The predicted molar refractivity (Wildman–Crippen MR) is 58.7 cm³/mol. The van der Waals surface area contributed by atoms with E-state index >= 15 is 0 Å². The maximum absolute atomic E-state index is 11.5. The summed E-state index contributed by atoms with van der Waals surface area (Å²) >= 11 is 0. The smallest absolute Gasteiger partial charge is 0.357 e. The van der Waals surface area contributed by atoms with E-state index in [4.69, 9.17) is 9.47 Å². The molecule has 1 aromatic rings. The fourth-order valence-electron chi connectivity index (χ4n) is 1.19. The number of aryl methyl sites for hydroxylation is 1. The van der Waals surface area contributed by atoms with Gasteiger partial charge in [-0.25, -0.2) is 19.6 Å². The van der Waals surface area contributed by atoms with E-state index < -0.39 is 11.9 Å². The van der Waals surface area contributed by atoms with E-state index in [9.17, 15) is 9.59 Å². The molecule has 92 valence electrons. The normalized spacial score (nSPS) is 9.82. The van der Waals surface area contributed by atoms with Crippen molar-refractivity contribution in [3.63, 3.8) is 0 Å². The molecule has 1 rings (SSSR count). The van der Waals surface area contributed by atoms with Gasteiger partial charge in [-0.1, -0.05) is 0 Å². The van der Waals surface area contributed by atoms with E-state index in [1.807, 2.05) is 0 Å². The van der Waals surface area contributed by atoms with Gasteiger partial charge in [0.2, 0.25) is 0 Å². The first-order valence-electron chi connectivity index (χ1n) is 5.28. The van der Waals surface area contributed by atoms with Crippen molar-refractivity contribution < 1.29 is 19.1 Å². The molecule has 0 saturated heterocycles. The van der Waals surface area contributed by atoms with Gasteiger partial charge < -0.3 is 9.47 Å². The third kappa shape index (κ3) is 3.51. The minimum atomic E-state index is -0.580. The van der Waals surface area contributed by atoms with Crippen molar-refractivity contribution in [2.75, 3.05) is 13.2 Å². The van der Waals surface area contributed by atoms with E-state index in [1.165, 1.54) is 6.07 Å². The first kappa shape index (κ1) is 13.1. The van der Waals surface area contributed by atoms with Gasteiger partial charge in [-0.3, -0.25) is 0 Å². The zero-order chi connectivity index (χ0) is 12.8. The molecule has 0 aliphatic heterocycles. The number of nitrogens with zero attached hydrogens (tertiary/aromatic N) is 2. The van der Waals surface area contributed by atoms with Crippen molar-refractivity contribution in [2.24, 2.45) is 0 Å². The number of hydrogen-bond donors (Lipinski definition) is 0. The summed E-state index contributed by atoms with van der Waals surface area (Å²) in [6, 6.07) is 1.27. The summed E-state index contributed by atoms with van der Waals surface area (Å²) in [5.41, 5.74) is 0.116. The zero-order valence-corrected chi connectivity index (χ0v) is 10.0. The van der Waals surface area contributed by atoms with Gasteiger partial charge in [0.1, 0.15) is 5.82 Å². The minimum absolute atomic E-state index is 0.0578. The molecule has 0 aromatic carbocycles. The van der Waals surface area contributed by atoms with Crippen molar-refractivity contribution in [3.8, 4) is 0 Å². The highest BCUT2D eigenvalue weighted by Gasteiger charge is 2.16. The number of carbonyl (C=O) groups excluding carboxylic acids is 2. The summed E-state index contributed by atoms with van der Waals surface area (Å²) in [7, 11) is 0. The first-order chi connectivity index (χ1) is 8.08. The van der Waals surface area contributed by atoms with Gasteiger partial charge in [0, 0.05) is 6.07 Å². The molecule has 0 N–H and O–H groups in total. The molecular formula is C11H14N2O4. The first-order valence-corrected chi connectivity index (χ1v) is 5.28. The van der Waals surface area contributed by atoms with Gasteiger partial charge in [0.05, 0.1) is 13.2 Å². The van der Waals surface area contributed by atoms with Gasteiger partial charge in [0.25, 0.3) is 0 Å². The van der Waals surface area contributed by atoms with Gasteiger partial charge in [-0.05, 0) is 20.8 Å². The highest BCUT2D eigenvalue weighted by atomic mass is 16.5. The molecule has 17 heavy (non-hydrogen) atoms. The molecule has 0 fully saturated rings. The molecule has 0 radical (unpaired) electrons.